The summed E-state index contributed by atoms with van der Waals surface area (Å²) in [5.41, 5.74) is 0.359. The maximum atomic E-state index is 11.0. The molecule has 15 heavy (non-hydrogen) atoms. The van der Waals surface area contributed by atoms with Gasteiger partial charge in [0.15, 0.2) is 0 Å². The lowest BCUT2D eigenvalue weighted by Crippen LogP contribution is -2.23. The summed E-state index contributed by atoms with van der Waals surface area (Å²) in [5, 5.41) is 12.3. The van der Waals surface area contributed by atoms with E-state index in [1.165, 1.54) is 12.8 Å². The Morgan fingerprint density at radius 1 is 1.67 bits per heavy atom. The number of fused-ring (bicyclic) bond motifs is 1. The monoisotopic (exact) mass is 224 g/mol. The molecule has 0 saturated heterocycles. The predicted molar refractivity (Wildman–Crippen MR) is 58.7 cm³/mol. The third kappa shape index (κ3) is 1.26. The molecular formula is C10H12N2O2S. The van der Waals surface area contributed by atoms with Crippen LogP contribution in [0.1, 0.15) is 23.3 Å². The number of nitrogens with zero attached hydrogens (tertiary/aromatic N) is 1. The van der Waals surface area contributed by atoms with Crippen LogP contribution in [-0.4, -0.2) is 26.9 Å². The fourth-order valence-electron chi connectivity index (χ4n) is 2.00. The molecule has 1 aliphatic carbocycles. The molecule has 2 N–H and O–H groups in total. The standard InChI is InChI=1S/C10H12N2O2S/c1-12-6(9(13)14)4-7-8(12)11-5-10(15-7)2-3-10/h4,11H,2-3,5H2,1H3,(H,13,14). The second-order valence-corrected chi connectivity index (χ2v) is 5.76. The van der Waals surface area contributed by atoms with Gasteiger partial charge in [0.25, 0.3) is 0 Å². The van der Waals surface area contributed by atoms with Gasteiger partial charge >= 0.3 is 5.97 Å². The number of carboxylic acid groups (broad SMARTS) is 1. The van der Waals surface area contributed by atoms with Crippen LogP contribution in [0.15, 0.2) is 11.0 Å². The fraction of sp³-hybridized carbons (Fsp3) is 0.500. The first-order chi connectivity index (χ1) is 7.11. The van der Waals surface area contributed by atoms with Crippen molar-refractivity contribution in [3.8, 4) is 0 Å². The van der Waals surface area contributed by atoms with Crippen LogP contribution in [0, 0.1) is 0 Å². The number of rotatable bonds is 1. The van der Waals surface area contributed by atoms with Crippen molar-refractivity contribution in [3.05, 3.63) is 11.8 Å². The van der Waals surface area contributed by atoms with E-state index in [0.717, 1.165) is 17.3 Å². The normalized spacial score (nSPS) is 20.9. The smallest absolute Gasteiger partial charge is 0.352 e. The van der Waals surface area contributed by atoms with Crippen molar-refractivity contribution in [1.82, 2.24) is 4.57 Å². The van der Waals surface area contributed by atoms with Crippen LogP contribution in [-0.2, 0) is 7.05 Å². The van der Waals surface area contributed by atoms with E-state index >= 15 is 0 Å². The Labute approximate surface area is 91.7 Å². The van der Waals surface area contributed by atoms with E-state index in [9.17, 15) is 4.79 Å². The van der Waals surface area contributed by atoms with Gasteiger partial charge in [-0.25, -0.2) is 4.79 Å². The number of carbonyl (C=O) groups is 1. The van der Waals surface area contributed by atoms with E-state index in [4.69, 9.17) is 5.11 Å². The van der Waals surface area contributed by atoms with Crippen molar-refractivity contribution in [2.75, 3.05) is 11.9 Å². The summed E-state index contributed by atoms with van der Waals surface area (Å²) in [6, 6.07) is 1.77. The molecular weight excluding hydrogens is 212 g/mol. The Balaban J connectivity index is 2.04. The maximum absolute atomic E-state index is 11.0. The molecule has 0 unspecified atom stereocenters. The van der Waals surface area contributed by atoms with Gasteiger partial charge in [-0.2, -0.15) is 0 Å². The largest absolute Gasteiger partial charge is 0.477 e. The third-order valence-electron chi connectivity index (χ3n) is 3.13. The van der Waals surface area contributed by atoms with Crippen LogP contribution in [0.2, 0.25) is 0 Å². The zero-order chi connectivity index (χ0) is 10.6. The number of thioether (sulfide) groups is 1. The summed E-state index contributed by atoms with van der Waals surface area (Å²) in [4.78, 5) is 12.0. The number of anilines is 1. The van der Waals surface area contributed by atoms with Crippen LogP contribution in [0.4, 0.5) is 5.82 Å². The van der Waals surface area contributed by atoms with Gasteiger partial charge in [0.05, 0.1) is 4.90 Å². The molecule has 4 nitrogen and oxygen atoms in total. The predicted octanol–water partition coefficient (Wildman–Crippen LogP) is 1.77. The topological polar surface area (TPSA) is 54.3 Å². The molecule has 1 aliphatic heterocycles. The van der Waals surface area contributed by atoms with E-state index in [1.807, 2.05) is 11.8 Å². The Bertz CT molecular complexity index is 449. The first-order valence-corrected chi connectivity index (χ1v) is 5.79. The van der Waals surface area contributed by atoms with Crippen LogP contribution in [0.3, 0.4) is 0 Å². The van der Waals surface area contributed by atoms with Crippen molar-refractivity contribution < 1.29 is 9.90 Å². The molecule has 2 aliphatic rings. The van der Waals surface area contributed by atoms with E-state index in [0.29, 0.717) is 10.4 Å². The quantitative estimate of drug-likeness (QED) is 0.763. The van der Waals surface area contributed by atoms with E-state index in [2.05, 4.69) is 5.32 Å². The molecule has 80 valence electrons. The molecule has 5 heteroatoms. The number of nitrogens with one attached hydrogen (secondary N) is 1. The highest BCUT2D eigenvalue weighted by atomic mass is 32.2. The third-order valence-corrected chi connectivity index (χ3v) is 4.65. The number of aromatic carboxylic acids is 1. The molecule has 1 fully saturated rings. The summed E-state index contributed by atoms with van der Waals surface area (Å²) in [5.74, 6) is 0.0917. The fourth-order valence-corrected chi connectivity index (χ4v) is 3.39. The zero-order valence-electron chi connectivity index (χ0n) is 8.41. The zero-order valence-corrected chi connectivity index (χ0v) is 9.23. The number of hydrogen-bond donors (Lipinski definition) is 2. The van der Waals surface area contributed by atoms with Crippen molar-refractivity contribution in [3.63, 3.8) is 0 Å². The second-order valence-electron chi connectivity index (χ2n) is 4.25. The molecule has 1 saturated carbocycles. The molecule has 2 heterocycles. The van der Waals surface area contributed by atoms with Gasteiger partial charge in [-0.1, -0.05) is 0 Å². The van der Waals surface area contributed by atoms with E-state index in [-0.39, 0.29) is 0 Å². The Morgan fingerprint density at radius 2 is 2.40 bits per heavy atom. The lowest BCUT2D eigenvalue weighted by molar-refractivity contribution is 0.0686. The highest BCUT2D eigenvalue weighted by Gasteiger charge is 2.47. The van der Waals surface area contributed by atoms with Gasteiger partial charge in [-0.05, 0) is 18.9 Å². The van der Waals surface area contributed by atoms with Crippen molar-refractivity contribution in [2.24, 2.45) is 7.05 Å². The Hall–Kier alpha value is -1.10. The molecule has 0 radical (unpaired) electrons. The lowest BCUT2D eigenvalue weighted by Gasteiger charge is -2.23. The second kappa shape index (κ2) is 2.72. The average molecular weight is 224 g/mol. The van der Waals surface area contributed by atoms with Gasteiger partial charge in [0.2, 0.25) is 0 Å². The number of aromatic nitrogens is 1. The first-order valence-electron chi connectivity index (χ1n) is 4.97. The minimum absolute atomic E-state index is 0.359. The number of carboxylic acids is 1. The van der Waals surface area contributed by atoms with Crippen LogP contribution in [0.25, 0.3) is 0 Å². The summed E-state index contributed by atoms with van der Waals surface area (Å²) >= 11 is 1.83. The van der Waals surface area contributed by atoms with Gasteiger partial charge in [-0.15, -0.1) is 11.8 Å². The van der Waals surface area contributed by atoms with Crippen LogP contribution >= 0.6 is 11.8 Å². The molecule has 0 atom stereocenters. The molecule has 1 spiro atoms. The first kappa shape index (κ1) is 9.15. The summed E-state index contributed by atoms with van der Waals surface area (Å²) in [6.45, 7) is 0.960. The maximum Gasteiger partial charge on any atom is 0.352 e. The molecule has 0 aromatic carbocycles. The van der Waals surface area contributed by atoms with Crippen LogP contribution < -0.4 is 5.32 Å². The summed E-state index contributed by atoms with van der Waals surface area (Å²) in [7, 11) is 1.79. The van der Waals surface area contributed by atoms with Crippen LogP contribution in [0.5, 0.6) is 0 Å². The van der Waals surface area contributed by atoms with Crippen molar-refractivity contribution >= 4 is 23.5 Å². The van der Waals surface area contributed by atoms with Gasteiger partial charge in [0, 0.05) is 18.3 Å². The van der Waals surface area contributed by atoms with E-state index < -0.39 is 5.97 Å². The Morgan fingerprint density at radius 3 is 3.00 bits per heavy atom. The highest BCUT2D eigenvalue weighted by Crippen LogP contribution is 2.56. The minimum atomic E-state index is -0.862. The summed E-state index contributed by atoms with van der Waals surface area (Å²) < 4.78 is 2.09. The number of hydrogen-bond acceptors (Lipinski definition) is 3. The van der Waals surface area contributed by atoms with Gasteiger partial charge < -0.3 is 15.0 Å². The molecule has 1 aromatic rings. The van der Waals surface area contributed by atoms with E-state index in [1.54, 1.807) is 17.7 Å². The minimum Gasteiger partial charge on any atom is -0.477 e. The molecule has 3 rings (SSSR count). The van der Waals surface area contributed by atoms with Crippen molar-refractivity contribution in [2.45, 2.75) is 22.5 Å². The van der Waals surface area contributed by atoms with Gasteiger partial charge in [0.1, 0.15) is 11.5 Å². The van der Waals surface area contributed by atoms with Crippen molar-refractivity contribution in [1.29, 1.82) is 0 Å². The lowest BCUT2D eigenvalue weighted by atomic mass is 10.4. The SMILES string of the molecule is Cn1c(C(=O)O)cc2c1NCC1(CC1)S2. The van der Waals surface area contributed by atoms with Gasteiger partial charge in [-0.3, -0.25) is 0 Å². The summed E-state index contributed by atoms with van der Waals surface area (Å²) in [6.07, 6.45) is 2.48. The molecule has 0 bridgehead atoms. The highest BCUT2D eigenvalue weighted by molar-refractivity contribution is 8.01. The Kier molecular flexibility index (Phi) is 1.66. The average Bonchev–Trinajstić information content (AvgIpc) is 2.84. The molecule has 0 amide bonds. The molecule has 1 aromatic heterocycles.